The first kappa shape index (κ1) is 47.5. The van der Waals surface area contributed by atoms with Crippen molar-refractivity contribution < 1.29 is 28.4 Å². The molecule has 5 N–H and O–H groups in total. The van der Waals surface area contributed by atoms with Crippen LogP contribution < -0.4 is 11.1 Å². The Morgan fingerprint density at radius 2 is 0.958 bits per heavy atom. The number of amides is 1. The number of aliphatic hydroxyl groups is 1. The topological polar surface area (TPSA) is 131 Å². The van der Waals surface area contributed by atoms with Crippen molar-refractivity contribution >= 4 is 13.7 Å². The second kappa shape index (κ2) is 36.3. The van der Waals surface area contributed by atoms with Gasteiger partial charge in [0.15, 0.2) is 0 Å². The number of phosphoric ester groups is 1. The molecule has 0 saturated carbocycles. The van der Waals surface area contributed by atoms with Crippen molar-refractivity contribution in [2.45, 2.75) is 225 Å². The Kier molecular flexibility index (Phi) is 35.9. The van der Waals surface area contributed by atoms with E-state index in [0.717, 1.165) is 38.5 Å². The van der Waals surface area contributed by atoms with E-state index in [-0.39, 0.29) is 25.7 Å². The summed E-state index contributed by atoms with van der Waals surface area (Å²) in [6, 6.07) is -0.766. The van der Waals surface area contributed by atoms with Gasteiger partial charge in [-0.2, -0.15) is 0 Å². The lowest BCUT2D eigenvalue weighted by atomic mass is 10.0. The molecule has 0 aromatic rings. The molecule has 0 fully saturated rings. The second-order valence-corrected chi connectivity index (χ2v) is 15.7. The van der Waals surface area contributed by atoms with Crippen LogP contribution in [0.3, 0.4) is 0 Å². The van der Waals surface area contributed by atoms with Crippen molar-refractivity contribution in [3.8, 4) is 0 Å². The quantitative estimate of drug-likeness (QED) is 0.0370. The molecule has 48 heavy (non-hydrogen) atoms. The Morgan fingerprint density at radius 3 is 1.33 bits per heavy atom. The molecule has 0 aromatic heterocycles. The number of carbonyl (C=O) groups excluding carboxylic acids is 1. The molecule has 0 aliphatic rings. The normalized spacial score (nSPS) is 14.2. The van der Waals surface area contributed by atoms with Crippen molar-refractivity contribution in [1.29, 1.82) is 0 Å². The number of phosphoric acid groups is 1. The molecule has 0 bridgehead atoms. The van der Waals surface area contributed by atoms with Crippen LogP contribution in [0.2, 0.25) is 0 Å². The summed E-state index contributed by atoms with van der Waals surface area (Å²) in [6.45, 7) is 4.22. The zero-order valence-electron chi connectivity index (χ0n) is 31.7. The fourth-order valence-electron chi connectivity index (χ4n) is 6.31. The summed E-state index contributed by atoms with van der Waals surface area (Å²) in [7, 11) is -4.30. The van der Waals surface area contributed by atoms with Crippen LogP contribution in [0.1, 0.15) is 213 Å². The lowest BCUT2D eigenvalue weighted by molar-refractivity contribution is -0.123. The molecule has 0 radical (unpaired) electrons. The average molecular weight is 705 g/mol. The maximum atomic E-state index is 12.7. The molecule has 0 aliphatic carbocycles. The lowest BCUT2D eigenvalue weighted by Gasteiger charge is -2.25. The first-order chi connectivity index (χ1) is 23.4. The summed E-state index contributed by atoms with van der Waals surface area (Å²) < 4.78 is 22.1. The maximum absolute atomic E-state index is 12.7. The molecule has 0 heterocycles. The lowest BCUT2D eigenvalue weighted by Crippen LogP contribution is -2.46. The largest absolute Gasteiger partial charge is 0.472 e. The molecule has 0 spiro atoms. The maximum Gasteiger partial charge on any atom is 0.472 e. The van der Waals surface area contributed by atoms with Crippen LogP contribution in [-0.4, -0.2) is 47.8 Å². The van der Waals surface area contributed by atoms with Crippen molar-refractivity contribution in [3.05, 3.63) is 0 Å². The van der Waals surface area contributed by atoms with Gasteiger partial charge in [-0.25, -0.2) is 4.57 Å². The number of nitrogens with two attached hydrogens (primary N) is 1. The molecule has 0 aliphatic heterocycles. The third-order valence-corrected chi connectivity index (χ3v) is 10.4. The fraction of sp³-hybridized carbons (Fsp3) is 0.974. The molecule has 0 saturated heterocycles. The van der Waals surface area contributed by atoms with Gasteiger partial charge in [0, 0.05) is 13.0 Å². The number of rotatable bonds is 39. The summed E-state index contributed by atoms with van der Waals surface area (Å²) in [4.78, 5) is 22.7. The number of aliphatic hydroxyl groups excluding tert-OH is 1. The van der Waals surface area contributed by atoms with E-state index in [9.17, 15) is 19.4 Å². The number of hydrogen-bond acceptors (Lipinski definition) is 6. The average Bonchev–Trinajstić information content (AvgIpc) is 3.07. The molecule has 9 heteroatoms. The number of unbranched alkanes of at least 4 members (excludes halogenated alkanes) is 27. The van der Waals surface area contributed by atoms with Gasteiger partial charge in [0.05, 0.1) is 25.4 Å². The van der Waals surface area contributed by atoms with Gasteiger partial charge in [-0.15, -0.1) is 0 Å². The van der Waals surface area contributed by atoms with Crippen LogP contribution in [0.15, 0.2) is 0 Å². The van der Waals surface area contributed by atoms with E-state index < -0.39 is 20.0 Å². The second-order valence-electron chi connectivity index (χ2n) is 14.2. The minimum absolute atomic E-state index is 0.0923. The molecular weight excluding hydrogens is 623 g/mol. The fourth-order valence-corrected chi connectivity index (χ4v) is 7.07. The zero-order chi connectivity index (χ0) is 35.4. The molecule has 0 aromatic carbocycles. The van der Waals surface area contributed by atoms with Crippen molar-refractivity contribution in [2.24, 2.45) is 5.73 Å². The Hall–Kier alpha value is -0.500. The van der Waals surface area contributed by atoms with E-state index in [4.69, 9.17) is 14.8 Å². The third kappa shape index (κ3) is 34.0. The highest BCUT2D eigenvalue weighted by molar-refractivity contribution is 7.47. The Labute approximate surface area is 297 Å². The summed E-state index contributed by atoms with van der Waals surface area (Å²) in [6.07, 6.45) is 36.7. The first-order valence-corrected chi connectivity index (χ1v) is 22.1. The van der Waals surface area contributed by atoms with Crippen LogP contribution in [0.25, 0.3) is 0 Å². The minimum atomic E-state index is -4.30. The van der Waals surface area contributed by atoms with E-state index in [0.29, 0.717) is 12.8 Å². The van der Waals surface area contributed by atoms with Gasteiger partial charge in [0.2, 0.25) is 5.91 Å². The van der Waals surface area contributed by atoms with E-state index in [1.807, 2.05) is 0 Å². The standard InChI is InChI=1S/C39H81N2O6P/c1-3-5-7-9-11-13-15-17-18-19-21-22-24-26-28-30-32-38(42)37(36-47-48(44,45)46-35-34-40)41-39(43)33-31-29-27-25-23-20-16-14-12-10-8-6-4-2/h37-38,42H,3-36,40H2,1-2H3,(H,41,43)(H,44,45)/t37-,38+/m0/s1. The first-order valence-electron chi connectivity index (χ1n) is 20.7. The summed E-state index contributed by atoms with van der Waals surface area (Å²) in [5.74, 6) is -0.159. The molecule has 288 valence electrons. The van der Waals surface area contributed by atoms with Crippen LogP contribution in [0.4, 0.5) is 0 Å². The number of carbonyl (C=O) groups is 1. The molecule has 1 unspecified atom stereocenters. The van der Waals surface area contributed by atoms with Crippen molar-refractivity contribution in [2.75, 3.05) is 19.8 Å². The van der Waals surface area contributed by atoms with Crippen LogP contribution in [0.5, 0.6) is 0 Å². The summed E-state index contributed by atoms with van der Waals surface area (Å²) >= 11 is 0. The molecule has 3 atom stereocenters. The zero-order valence-corrected chi connectivity index (χ0v) is 32.6. The van der Waals surface area contributed by atoms with Crippen LogP contribution >= 0.6 is 7.82 Å². The summed E-state index contributed by atoms with van der Waals surface area (Å²) in [5.41, 5.74) is 5.37. The molecular formula is C39H81N2O6P. The SMILES string of the molecule is CCCCCCCCCCCCCCCCCC[C@@H](O)[C@H](COP(=O)(O)OCCN)NC(=O)CCCCCCCCCCCCCCC. The van der Waals surface area contributed by atoms with E-state index >= 15 is 0 Å². The highest BCUT2D eigenvalue weighted by atomic mass is 31.2. The monoisotopic (exact) mass is 705 g/mol. The Bertz CT molecular complexity index is 729. The van der Waals surface area contributed by atoms with Gasteiger partial charge in [0.1, 0.15) is 0 Å². The van der Waals surface area contributed by atoms with Gasteiger partial charge in [0.25, 0.3) is 0 Å². The number of nitrogens with one attached hydrogen (secondary N) is 1. The van der Waals surface area contributed by atoms with Gasteiger partial charge < -0.3 is 21.1 Å². The van der Waals surface area contributed by atoms with Gasteiger partial charge in [-0.1, -0.05) is 194 Å². The van der Waals surface area contributed by atoms with E-state index in [1.54, 1.807) is 0 Å². The highest BCUT2D eigenvalue weighted by Gasteiger charge is 2.27. The van der Waals surface area contributed by atoms with Gasteiger partial charge in [-0.3, -0.25) is 13.8 Å². The van der Waals surface area contributed by atoms with Crippen molar-refractivity contribution in [3.63, 3.8) is 0 Å². The van der Waals surface area contributed by atoms with Gasteiger partial charge >= 0.3 is 7.82 Å². The third-order valence-electron chi connectivity index (χ3n) is 9.46. The van der Waals surface area contributed by atoms with Crippen LogP contribution in [0, 0.1) is 0 Å². The predicted octanol–water partition coefficient (Wildman–Crippen LogP) is 11.1. The minimum Gasteiger partial charge on any atom is -0.391 e. The summed E-state index contributed by atoms with van der Waals surface area (Å²) in [5, 5.41) is 13.8. The smallest absolute Gasteiger partial charge is 0.391 e. The predicted molar refractivity (Wildman–Crippen MR) is 203 cm³/mol. The van der Waals surface area contributed by atoms with Crippen molar-refractivity contribution in [1.82, 2.24) is 5.32 Å². The van der Waals surface area contributed by atoms with E-state index in [2.05, 4.69) is 19.2 Å². The van der Waals surface area contributed by atoms with Gasteiger partial charge in [-0.05, 0) is 12.8 Å². The Morgan fingerprint density at radius 1 is 0.604 bits per heavy atom. The molecule has 0 rings (SSSR count). The highest BCUT2D eigenvalue weighted by Crippen LogP contribution is 2.43. The van der Waals surface area contributed by atoms with E-state index in [1.165, 1.54) is 148 Å². The molecule has 8 nitrogen and oxygen atoms in total. The Balaban J connectivity index is 4.16. The molecule has 1 amide bonds. The van der Waals surface area contributed by atoms with Crippen LogP contribution in [-0.2, 0) is 18.4 Å². The number of hydrogen-bond donors (Lipinski definition) is 4.